The zero-order valence-electron chi connectivity index (χ0n) is 14.0. The van der Waals surface area contributed by atoms with E-state index in [1.54, 1.807) is 12.5 Å². The molecular weight excluding hydrogens is 302 g/mol. The van der Waals surface area contributed by atoms with Crippen LogP contribution in [0.2, 0.25) is 0 Å². The van der Waals surface area contributed by atoms with Gasteiger partial charge in [-0.1, -0.05) is 6.07 Å². The van der Waals surface area contributed by atoms with Crippen LogP contribution in [0.1, 0.15) is 30.9 Å². The molecule has 0 bridgehead atoms. The van der Waals surface area contributed by atoms with Crippen LogP contribution in [0.15, 0.2) is 36.9 Å². The first kappa shape index (κ1) is 15.3. The third kappa shape index (κ3) is 2.94. The van der Waals surface area contributed by atoms with Crippen LogP contribution < -0.4 is 9.80 Å². The lowest BCUT2D eigenvalue weighted by atomic mass is 10.0. The fourth-order valence-corrected chi connectivity index (χ4v) is 3.66. The van der Waals surface area contributed by atoms with Gasteiger partial charge in [0.2, 0.25) is 0 Å². The summed E-state index contributed by atoms with van der Waals surface area (Å²) in [5.74, 6) is 1.98. The highest BCUT2D eigenvalue weighted by Gasteiger charge is 2.33. The Morgan fingerprint density at radius 3 is 2.92 bits per heavy atom. The van der Waals surface area contributed by atoms with Gasteiger partial charge in [0.1, 0.15) is 24.1 Å². The van der Waals surface area contributed by atoms with Gasteiger partial charge in [0.15, 0.2) is 0 Å². The molecule has 126 valence electrons. The van der Waals surface area contributed by atoms with Gasteiger partial charge in [0.05, 0.1) is 6.04 Å². The zero-order chi connectivity index (χ0) is 16.4. The lowest BCUT2D eigenvalue weighted by Crippen LogP contribution is -2.35. The van der Waals surface area contributed by atoms with E-state index in [1.165, 1.54) is 12.8 Å². The molecule has 2 aromatic rings. The van der Waals surface area contributed by atoms with Crippen molar-refractivity contribution in [3.8, 4) is 0 Å². The largest absolute Gasteiger partial charge is 0.371 e. The van der Waals surface area contributed by atoms with Crippen LogP contribution in [-0.4, -0.2) is 47.7 Å². The van der Waals surface area contributed by atoms with Crippen molar-refractivity contribution in [1.29, 1.82) is 0 Å². The van der Waals surface area contributed by atoms with Crippen molar-refractivity contribution in [2.24, 2.45) is 0 Å². The summed E-state index contributed by atoms with van der Waals surface area (Å²) in [6, 6.07) is 6.41. The average molecular weight is 325 g/mol. The maximum absolute atomic E-state index is 5.99. The van der Waals surface area contributed by atoms with Crippen LogP contribution >= 0.6 is 0 Å². The predicted molar refractivity (Wildman–Crippen MR) is 93.2 cm³/mol. The van der Waals surface area contributed by atoms with E-state index in [1.807, 2.05) is 12.3 Å². The van der Waals surface area contributed by atoms with Crippen LogP contribution in [0.4, 0.5) is 11.6 Å². The monoisotopic (exact) mass is 325 g/mol. The van der Waals surface area contributed by atoms with Crippen LogP contribution in [-0.2, 0) is 4.74 Å². The van der Waals surface area contributed by atoms with Crippen molar-refractivity contribution in [2.75, 3.05) is 36.5 Å². The van der Waals surface area contributed by atoms with E-state index in [0.717, 1.165) is 43.3 Å². The molecule has 0 saturated carbocycles. The standard InChI is InChI=1S/C18H23N5O/c1-22(15-6-10-24-18(15)14-5-4-7-19-12-14)16-11-17(21-13-20-16)23-8-2-3-9-23/h4-5,7,11-13,15,18H,2-3,6,8-10H2,1H3/t15-,18+/m0/s1. The highest BCUT2D eigenvalue weighted by Crippen LogP contribution is 2.34. The second kappa shape index (κ2) is 6.73. The van der Waals surface area contributed by atoms with Gasteiger partial charge in [-0.2, -0.15) is 0 Å². The molecule has 24 heavy (non-hydrogen) atoms. The molecule has 0 radical (unpaired) electrons. The average Bonchev–Trinajstić information content (AvgIpc) is 3.34. The van der Waals surface area contributed by atoms with Crippen molar-refractivity contribution >= 4 is 11.6 Å². The Morgan fingerprint density at radius 2 is 2.12 bits per heavy atom. The van der Waals surface area contributed by atoms with E-state index in [9.17, 15) is 0 Å². The van der Waals surface area contributed by atoms with Gasteiger partial charge in [0.25, 0.3) is 0 Å². The molecule has 2 saturated heterocycles. The third-order valence-electron chi connectivity index (χ3n) is 5.00. The van der Waals surface area contributed by atoms with Crippen molar-refractivity contribution in [1.82, 2.24) is 15.0 Å². The lowest BCUT2D eigenvalue weighted by molar-refractivity contribution is 0.104. The van der Waals surface area contributed by atoms with Crippen LogP contribution in [0, 0.1) is 0 Å². The van der Waals surface area contributed by atoms with Gasteiger partial charge in [-0.15, -0.1) is 0 Å². The van der Waals surface area contributed by atoms with Crippen LogP contribution in [0.5, 0.6) is 0 Å². The zero-order valence-corrected chi connectivity index (χ0v) is 14.0. The van der Waals surface area contributed by atoms with E-state index in [0.29, 0.717) is 0 Å². The SMILES string of the molecule is CN(c1cc(N2CCCC2)ncn1)[C@H]1CCO[C@@H]1c1cccnc1. The van der Waals surface area contributed by atoms with Crippen LogP contribution in [0.25, 0.3) is 0 Å². The molecule has 4 heterocycles. The normalized spacial score (nSPS) is 23.6. The Balaban J connectivity index is 1.56. The number of rotatable bonds is 4. The number of aromatic nitrogens is 3. The first-order valence-electron chi connectivity index (χ1n) is 8.64. The Kier molecular flexibility index (Phi) is 4.30. The lowest BCUT2D eigenvalue weighted by Gasteiger charge is -2.30. The molecule has 2 aromatic heterocycles. The highest BCUT2D eigenvalue weighted by atomic mass is 16.5. The molecule has 0 unspecified atom stereocenters. The van der Waals surface area contributed by atoms with Crippen molar-refractivity contribution < 1.29 is 4.74 Å². The molecule has 2 aliphatic rings. The summed E-state index contributed by atoms with van der Waals surface area (Å²) >= 11 is 0. The number of hydrogen-bond acceptors (Lipinski definition) is 6. The Labute approximate surface area is 142 Å². The molecule has 0 N–H and O–H groups in total. The number of ether oxygens (including phenoxy) is 1. The molecule has 0 spiro atoms. The molecule has 2 fully saturated rings. The minimum absolute atomic E-state index is 0.0360. The molecule has 2 atom stereocenters. The van der Waals surface area contributed by atoms with Crippen molar-refractivity contribution in [3.05, 3.63) is 42.5 Å². The van der Waals surface area contributed by atoms with Gasteiger partial charge in [-0.05, 0) is 25.3 Å². The molecule has 0 amide bonds. The molecule has 6 nitrogen and oxygen atoms in total. The van der Waals surface area contributed by atoms with E-state index in [4.69, 9.17) is 4.74 Å². The maximum atomic E-state index is 5.99. The predicted octanol–water partition coefficient (Wildman–Crippen LogP) is 2.44. The fraction of sp³-hybridized carbons (Fsp3) is 0.500. The van der Waals surface area contributed by atoms with Gasteiger partial charge in [0, 0.05) is 50.8 Å². The molecule has 6 heteroatoms. The second-order valence-corrected chi connectivity index (χ2v) is 6.47. The summed E-state index contributed by atoms with van der Waals surface area (Å²) in [5, 5.41) is 0. The summed E-state index contributed by atoms with van der Waals surface area (Å²) in [6.45, 7) is 2.94. The van der Waals surface area contributed by atoms with E-state index in [-0.39, 0.29) is 12.1 Å². The Bertz CT molecular complexity index is 674. The molecular formula is C18H23N5O. The number of hydrogen-bond donors (Lipinski definition) is 0. The number of likely N-dealkylation sites (N-methyl/N-ethyl adjacent to an activating group) is 1. The van der Waals surface area contributed by atoms with E-state index >= 15 is 0 Å². The molecule has 0 aromatic carbocycles. The quantitative estimate of drug-likeness (QED) is 0.860. The van der Waals surface area contributed by atoms with Crippen molar-refractivity contribution in [2.45, 2.75) is 31.4 Å². The number of pyridine rings is 1. The van der Waals surface area contributed by atoms with Gasteiger partial charge < -0.3 is 14.5 Å². The van der Waals surface area contributed by atoms with Gasteiger partial charge >= 0.3 is 0 Å². The summed E-state index contributed by atoms with van der Waals surface area (Å²) in [7, 11) is 2.10. The van der Waals surface area contributed by atoms with E-state index < -0.39 is 0 Å². The van der Waals surface area contributed by atoms with Crippen LogP contribution in [0.3, 0.4) is 0 Å². The summed E-state index contributed by atoms with van der Waals surface area (Å²) in [4.78, 5) is 17.8. The fourth-order valence-electron chi connectivity index (χ4n) is 3.66. The van der Waals surface area contributed by atoms with Gasteiger partial charge in [-0.25, -0.2) is 9.97 Å². The Morgan fingerprint density at radius 1 is 1.25 bits per heavy atom. The third-order valence-corrected chi connectivity index (χ3v) is 5.00. The summed E-state index contributed by atoms with van der Waals surface area (Å²) in [5.41, 5.74) is 1.13. The van der Waals surface area contributed by atoms with E-state index in [2.05, 4.69) is 43.9 Å². The molecule has 2 aliphatic heterocycles. The first-order chi connectivity index (χ1) is 11.8. The smallest absolute Gasteiger partial charge is 0.134 e. The second-order valence-electron chi connectivity index (χ2n) is 6.47. The van der Waals surface area contributed by atoms with Gasteiger partial charge in [-0.3, -0.25) is 4.98 Å². The maximum Gasteiger partial charge on any atom is 0.134 e. The minimum atomic E-state index is 0.0360. The molecule has 4 rings (SSSR count). The minimum Gasteiger partial charge on any atom is -0.371 e. The molecule has 0 aliphatic carbocycles. The number of nitrogens with zero attached hydrogens (tertiary/aromatic N) is 5. The summed E-state index contributed by atoms with van der Waals surface area (Å²) in [6.07, 6.45) is 8.88. The topological polar surface area (TPSA) is 54.4 Å². The first-order valence-corrected chi connectivity index (χ1v) is 8.64. The summed E-state index contributed by atoms with van der Waals surface area (Å²) < 4.78 is 5.99. The highest BCUT2D eigenvalue weighted by molar-refractivity contribution is 5.51. The number of anilines is 2. The van der Waals surface area contributed by atoms with Crippen molar-refractivity contribution in [3.63, 3.8) is 0 Å². The Hall–Kier alpha value is -2.21.